The van der Waals surface area contributed by atoms with Crippen LogP contribution in [0.3, 0.4) is 0 Å². The van der Waals surface area contributed by atoms with Gasteiger partial charge in [-0.2, -0.15) is 0 Å². The lowest BCUT2D eigenvalue weighted by atomic mass is 9.94. The predicted octanol–water partition coefficient (Wildman–Crippen LogP) is 5.33. The third-order valence-corrected chi connectivity index (χ3v) is 4.53. The van der Waals surface area contributed by atoms with E-state index < -0.39 is 0 Å². The first-order chi connectivity index (χ1) is 11.6. The van der Waals surface area contributed by atoms with Gasteiger partial charge in [0, 0.05) is 10.9 Å². The standard InChI is InChI=1S/C20H21BrN2O/c1-14(2)18-9-4-3-7-16(18)10-11-19-22-23-20(24-19)13-15-6-5-8-17(21)12-15/h3-9,12,14H,10-11,13H2,1-2H3. The lowest BCUT2D eigenvalue weighted by Crippen LogP contribution is -1.98. The zero-order valence-electron chi connectivity index (χ0n) is 14.0. The van der Waals surface area contributed by atoms with Gasteiger partial charge in [-0.15, -0.1) is 10.2 Å². The van der Waals surface area contributed by atoms with Crippen molar-refractivity contribution in [3.05, 3.63) is 81.5 Å². The van der Waals surface area contributed by atoms with Crippen LogP contribution in [-0.2, 0) is 19.3 Å². The molecule has 0 saturated heterocycles. The lowest BCUT2D eigenvalue weighted by Gasteiger charge is -2.11. The van der Waals surface area contributed by atoms with E-state index in [1.807, 2.05) is 12.1 Å². The normalized spacial score (nSPS) is 11.2. The maximum absolute atomic E-state index is 5.81. The molecule has 124 valence electrons. The van der Waals surface area contributed by atoms with Gasteiger partial charge in [-0.3, -0.25) is 0 Å². The molecular formula is C20H21BrN2O. The number of benzene rings is 2. The quantitative estimate of drug-likeness (QED) is 0.576. The molecule has 0 aliphatic carbocycles. The van der Waals surface area contributed by atoms with E-state index in [1.165, 1.54) is 11.1 Å². The number of aryl methyl sites for hydroxylation is 2. The molecule has 4 heteroatoms. The topological polar surface area (TPSA) is 38.9 Å². The molecule has 3 aromatic rings. The summed E-state index contributed by atoms with van der Waals surface area (Å²) in [5, 5.41) is 8.37. The summed E-state index contributed by atoms with van der Waals surface area (Å²) in [5.74, 6) is 1.90. The van der Waals surface area contributed by atoms with Crippen molar-refractivity contribution in [2.75, 3.05) is 0 Å². The molecule has 24 heavy (non-hydrogen) atoms. The van der Waals surface area contributed by atoms with E-state index in [-0.39, 0.29) is 0 Å². The second kappa shape index (κ2) is 7.75. The van der Waals surface area contributed by atoms with Crippen LogP contribution in [0.1, 0.15) is 48.2 Å². The van der Waals surface area contributed by atoms with Gasteiger partial charge in [0.25, 0.3) is 0 Å². The fraction of sp³-hybridized carbons (Fsp3) is 0.300. The minimum Gasteiger partial charge on any atom is -0.425 e. The molecule has 0 radical (unpaired) electrons. The van der Waals surface area contributed by atoms with E-state index in [4.69, 9.17) is 4.42 Å². The Balaban J connectivity index is 1.64. The zero-order valence-corrected chi connectivity index (χ0v) is 15.6. The summed E-state index contributed by atoms with van der Waals surface area (Å²) >= 11 is 3.48. The van der Waals surface area contributed by atoms with Gasteiger partial charge in [-0.25, -0.2) is 0 Å². The molecule has 1 aromatic heterocycles. The van der Waals surface area contributed by atoms with Gasteiger partial charge in [0.15, 0.2) is 0 Å². The molecular weight excluding hydrogens is 364 g/mol. The molecule has 0 spiro atoms. The zero-order chi connectivity index (χ0) is 16.9. The molecule has 3 nitrogen and oxygen atoms in total. The Morgan fingerprint density at radius 3 is 2.54 bits per heavy atom. The first kappa shape index (κ1) is 16.9. The van der Waals surface area contributed by atoms with E-state index in [0.717, 1.165) is 22.9 Å². The highest BCUT2D eigenvalue weighted by molar-refractivity contribution is 9.10. The van der Waals surface area contributed by atoms with Crippen LogP contribution in [0.5, 0.6) is 0 Å². The molecule has 1 heterocycles. The molecule has 3 rings (SSSR count). The highest BCUT2D eigenvalue weighted by Crippen LogP contribution is 2.21. The van der Waals surface area contributed by atoms with Crippen LogP contribution >= 0.6 is 15.9 Å². The maximum atomic E-state index is 5.81. The molecule has 0 bridgehead atoms. The summed E-state index contributed by atoms with van der Waals surface area (Å²) in [6.45, 7) is 4.45. The highest BCUT2D eigenvalue weighted by atomic mass is 79.9. The van der Waals surface area contributed by atoms with Gasteiger partial charge >= 0.3 is 0 Å². The van der Waals surface area contributed by atoms with E-state index in [1.54, 1.807) is 0 Å². The van der Waals surface area contributed by atoms with E-state index in [0.29, 0.717) is 24.1 Å². The van der Waals surface area contributed by atoms with Crippen LogP contribution in [0.25, 0.3) is 0 Å². The second-order valence-corrected chi connectivity index (χ2v) is 7.17. The minimum atomic E-state index is 0.524. The van der Waals surface area contributed by atoms with Crippen molar-refractivity contribution >= 4 is 15.9 Å². The van der Waals surface area contributed by atoms with E-state index in [9.17, 15) is 0 Å². The van der Waals surface area contributed by atoms with Crippen molar-refractivity contribution < 1.29 is 4.42 Å². The fourth-order valence-electron chi connectivity index (χ4n) is 2.85. The molecule has 0 N–H and O–H groups in total. The van der Waals surface area contributed by atoms with Crippen molar-refractivity contribution in [3.8, 4) is 0 Å². The number of nitrogens with zero attached hydrogens (tertiary/aromatic N) is 2. The Morgan fingerprint density at radius 1 is 0.958 bits per heavy atom. The third-order valence-electron chi connectivity index (χ3n) is 4.04. The number of aromatic nitrogens is 2. The van der Waals surface area contributed by atoms with Crippen molar-refractivity contribution in [1.82, 2.24) is 10.2 Å². The molecule has 2 aromatic carbocycles. The fourth-order valence-corrected chi connectivity index (χ4v) is 3.30. The van der Waals surface area contributed by atoms with Gasteiger partial charge in [-0.1, -0.05) is 66.2 Å². The Hall–Kier alpha value is -1.94. The van der Waals surface area contributed by atoms with Crippen molar-refractivity contribution in [2.45, 2.75) is 39.0 Å². The average Bonchev–Trinajstić information content (AvgIpc) is 3.00. The number of rotatable bonds is 6. The summed E-state index contributed by atoms with van der Waals surface area (Å²) in [6.07, 6.45) is 2.36. The Kier molecular flexibility index (Phi) is 5.46. The summed E-state index contributed by atoms with van der Waals surface area (Å²) in [7, 11) is 0. The van der Waals surface area contributed by atoms with Gasteiger partial charge in [0.1, 0.15) is 0 Å². The van der Waals surface area contributed by atoms with Crippen molar-refractivity contribution in [2.24, 2.45) is 0 Å². The largest absolute Gasteiger partial charge is 0.425 e. The maximum Gasteiger partial charge on any atom is 0.220 e. The monoisotopic (exact) mass is 384 g/mol. The first-order valence-electron chi connectivity index (χ1n) is 8.25. The summed E-state index contributed by atoms with van der Waals surface area (Å²) in [6, 6.07) is 16.7. The van der Waals surface area contributed by atoms with Gasteiger partial charge in [0.05, 0.1) is 6.42 Å². The molecule has 0 aliphatic heterocycles. The number of halogens is 1. The lowest BCUT2D eigenvalue weighted by molar-refractivity contribution is 0.456. The smallest absolute Gasteiger partial charge is 0.220 e. The van der Waals surface area contributed by atoms with Gasteiger partial charge in [0.2, 0.25) is 11.8 Å². The van der Waals surface area contributed by atoms with Crippen LogP contribution in [0.2, 0.25) is 0 Å². The Bertz CT molecular complexity index is 811. The summed E-state index contributed by atoms with van der Waals surface area (Å²) in [4.78, 5) is 0. The average molecular weight is 385 g/mol. The van der Waals surface area contributed by atoms with Crippen LogP contribution < -0.4 is 0 Å². The van der Waals surface area contributed by atoms with Crippen LogP contribution in [0.4, 0.5) is 0 Å². The molecule has 0 atom stereocenters. The summed E-state index contributed by atoms with van der Waals surface area (Å²) < 4.78 is 6.87. The van der Waals surface area contributed by atoms with E-state index in [2.05, 4.69) is 76.4 Å². The Labute approximate surface area is 151 Å². The van der Waals surface area contributed by atoms with Crippen LogP contribution in [0, 0.1) is 0 Å². The second-order valence-electron chi connectivity index (χ2n) is 6.25. The number of hydrogen-bond acceptors (Lipinski definition) is 3. The van der Waals surface area contributed by atoms with Gasteiger partial charge in [-0.05, 0) is 41.2 Å². The highest BCUT2D eigenvalue weighted by Gasteiger charge is 2.10. The molecule has 0 unspecified atom stereocenters. The van der Waals surface area contributed by atoms with Crippen molar-refractivity contribution in [1.29, 1.82) is 0 Å². The predicted molar refractivity (Wildman–Crippen MR) is 99.2 cm³/mol. The SMILES string of the molecule is CC(C)c1ccccc1CCc1nnc(Cc2cccc(Br)c2)o1. The van der Waals surface area contributed by atoms with Gasteiger partial charge < -0.3 is 4.42 Å². The molecule has 0 saturated carbocycles. The Morgan fingerprint density at radius 2 is 1.75 bits per heavy atom. The van der Waals surface area contributed by atoms with Crippen molar-refractivity contribution in [3.63, 3.8) is 0 Å². The number of hydrogen-bond donors (Lipinski definition) is 0. The van der Waals surface area contributed by atoms with E-state index >= 15 is 0 Å². The third kappa shape index (κ3) is 4.32. The summed E-state index contributed by atoms with van der Waals surface area (Å²) in [5.41, 5.74) is 3.91. The minimum absolute atomic E-state index is 0.524. The first-order valence-corrected chi connectivity index (χ1v) is 9.04. The molecule has 0 amide bonds. The van der Waals surface area contributed by atoms with Crippen LogP contribution in [0.15, 0.2) is 57.4 Å². The molecule has 0 fully saturated rings. The molecule has 0 aliphatic rings. The van der Waals surface area contributed by atoms with Crippen LogP contribution in [-0.4, -0.2) is 10.2 Å².